The first-order chi connectivity index (χ1) is 38.5. The van der Waals surface area contributed by atoms with E-state index in [0.29, 0.717) is 25.9 Å². The standard InChI is InChI=1S/C72H139NO5/c1-3-5-7-9-11-13-15-17-18-38-42-46-50-54-58-62-66-72(77)78-67-63-59-55-51-47-43-39-36-34-32-30-28-26-24-22-20-19-21-23-25-27-29-31-33-35-37-41-45-49-53-57-61-65-71(76)73-69(68-74)70(75)64-60-56-52-48-44-40-16-14-12-10-8-6-4-2/h18,22,24,38,69-70,74-75H,3-17,19-21,23,25-37,39-68H2,1-2H3,(H,73,76)/b24-22-,38-18-. The van der Waals surface area contributed by atoms with Gasteiger partial charge in [0.1, 0.15) is 0 Å². The van der Waals surface area contributed by atoms with Crippen LogP contribution >= 0.6 is 0 Å². The number of aliphatic hydroxyl groups is 2. The van der Waals surface area contributed by atoms with E-state index >= 15 is 0 Å². The summed E-state index contributed by atoms with van der Waals surface area (Å²) >= 11 is 0. The molecule has 0 rings (SSSR count). The summed E-state index contributed by atoms with van der Waals surface area (Å²) in [5, 5.41) is 23.3. The molecule has 0 spiro atoms. The normalized spacial score (nSPS) is 12.6. The summed E-state index contributed by atoms with van der Waals surface area (Å²) in [7, 11) is 0. The first-order valence-electron chi connectivity index (χ1n) is 35.6. The van der Waals surface area contributed by atoms with Gasteiger partial charge in [-0.3, -0.25) is 9.59 Å². The third-order valence-electron chi connectivity index (χ3n) is 16.7. The highest BCUT2D eigenvalue weighted by molar-refractivity contribution is 5.76. The van der Waals surface area contributed by atoms with Crippen LogP contribution in [0.3, 0.4) is 0 Å². The highest BCUT2D eigenvalue weighted by atomic mass is 16.5. The van der Waals surface area contributed by atoms with Gasteiger partial charge in [0.2, 0.25) is 5.91 Å². The maximum absolute atomic E-state index is 12.5. The number of rotatable bonds is 67. The van der Waals surface area contributed by atoms with Crippen molar-refractivity contribution in [2.75, 3.05) is 13.2 Å². The summed E-state index contributed by atoms with van der Waals surface area (Å²) in [6.07, 6.45) is 85.2. The zero-order valence-corrected chi connectivity index (χ0v) is 52.9. The van der Waals surface area contributed by atoms with E-state index in [2.05, 4.69) is 43.5 Å². The van der Waals surface area contributed by atoms with Gasteiger partial charge in [0.05, 0.1) is 25.4 Å². The molecule has 6 heteroatoms. The zero-order valence-electron chi connectivity index (χ0n) is 52.9. The van der Waals surface area contributed by atoms with Gasteiger partial charge >= 0.3 is 5.97 Å². The Balaban J connectivity index is 3.33. The minimum absolute atomic E-state index is 0.0114. The molecule has 0 aromatic rings. The summed E-state index contributed by atoms with van der Waals surface area (Å²) in [5.41, 5.74) is 0. The Morgan fingerprint density at radius 2 is 0.603 bits per heavy atom. The van der Waals surface area contributed by atoms with Crippen molar-refractivity contribution in [2.24, 2.45) is 0 Å². The number of ether oxygens (including phenoxy) is 1. The summed E-state index contributed by atoms with van der Waals surface area (Å²) < 4.78 is 5.50. The molecule has 462 valence electrons. The summed E-state index contributed by atoms with van der Waals surface area (Å²) in [6.45, 7) is 4.98. The van der Waals surface area contributed by atoms with Gasteiger partial charge in [-0.25, -0.2) is 0 Å². The number of amides is 1. The van der Waals surface area contributed by atoms with Gasteiger partial charge in [-0.05, 0) is 77.0 Å². The number of hydrogen-bond acceptors (Lipinski definition) is 5. The minimum atomic E-state index is -0.661. The van der Waals surface area contributed by atoms with E-state index in [4.69, 9.17) is 4.74 Å². The van der Waals surface area contributed by atoms with Gasteiger partial charge in [-0.2, -0.15) is 0 Å². The summed E-state index contributed by atoms with van der Waals surface area (Å²) in [6, 6.07) is -0.538. The molecule has 0 radical (unpaired) electrons. The number of hydrogen-bond donors (Lipinski definition) is 3. The SMILES string of the molecule is CCCCCCCCC/C=C\CCCCCCCC(=O)OCCCCCCCCCCCCCC/C=C\CCCCCCCCCCCCCCCCCCC(=O)NC(CO)C(O)CCCCCCCCCCCCCCC. The predicted molar refractivity (Wildman–Crippen MR) is 343 cm³/mol. The van der Waals surface area contributed by atoms with Crippen molar-refractivity contribution in [3.05, 3.63) is 24.3 Å². The molecule has 1 amide bonds. The summed E-state index contributed by atoms with van der Waals surface area (Å²) in [4.78, 5) is 24.6. The highest BCUT2D eigenvalue weighted by Crippen LogP contribution is 2.19. The van der Waals surface area contributed by atoms with Crippen molar-refractivity contribution in [2.45, 2.75) is 411 Å². The van der Waals surface area contributed by atoms with E-state index in [1.165, 1.54) is 321 Å². The lowest BCUT2D eigenvalue weighted by molar-refractivity contribution is -0.143. The first-order valence-corrected chi connectivity index (χ1v) is 35.6. The summed E-state index contributed by atoms with van der Waals surface area (Å²) in [5.74, 6) is -0.0189. The van der Waals surface area contributed by atoms with Crippen molar-refractivity contribution >= 4 is 11.9 Å². The molecule has 0 aliphatic carbocycles. The number of esters is 1. The minimum Gasteiger partial charge on any atom is -0.466 e. The van der Waals surface area contributed by atoms with Crippen molar-refractivity contribution in [1.82, 2.24) is 5.32 Å². The van der Waals surface area contributed by atoms with Crippen molar-refractivity contribution in [1.29, 1.82) is 0 Å². The van der Waals surface area contributed by atoms with E-state index in [9.17, 15) is 19.8 Å². The molecule has 0 bridgehead atoms. The molecule has 0 aliphatic rings. The Morgan fingerprint density at radius 3 is 0.910 bits per heavy atom. The molecule has 0 aromatic carbocycles. The van der Waals surface area contributed by atoms with Crippen molar-refractivity contribution in [3.8, 4) is 0 Å². The van der Waals surface area contributed by atoms with Crippen LogP contribution in [0.5, 0.6) is 0 Å². The Labute approximate surface area is 488 Å². The fourth-order valence-electron chi connectivity index (χ4n) is 11.3. The lowest BCUT2D eigenvalue weighted by Gasteiger charge is -2.22. The Morgan fingerprint density at radius 1 is 0.346 bits per heavy atom. The van der Waals surface area contributed by atoms with Gasteiger partial charge < -0.3 is 20.3 Å². The average molecular weight is 1100 g/mol. The fraction of sp³-hybridized carbons (Fsp3) is 0.917. The molecule has 78 heavy (non-hydrogen) atoms. The fourth-order valence-corrected chi connectivity index (χ4v) is 11.3. The van der Waals surface area contributed by atoms with Crippen LogP contribution in [0.4, 0.5) is 0 Å². The monoisotopic (exact) mass is 1100 g/mol. The molecule has 0 heterocycles. The lowest BCUT2D eigenvalue weighted by Crippen LogP contribution is -2.45. The smallest absolute Gasteiger partial charge is 0.305 e. The second-order valence-corrected chi connectivity index (χ2v) is 24.6. The van der Waals surface area contributed by atoms with E-state index in [1.54, 1.807) is 0 Å². The van der Waals surface area contributed by atoms with Gasteiger partial charge in [0, 0.05) is 12.8 Å². The average Bonchev–Trinajstić information content (AvgIpc) is 3.44. The number of aliphatic hydroxyl groups excluding tert-OH is 2. The molecule has 6 nitrogen and oxygen atoms in total. The Kier molecular flexibility index (Phi) is 66.4. The van der Waals surface area contributed by atoms with Gasteiger partial charge in [-0.15, -0.1) is 0 Å². The second-order valence-electron chi connectivity index (χ2n) is 24.6. The topological polar surface area (TPSA) is 95.9 Å². The van der Waals surface area contributed by atoms with Crippen LogP contribution in [0.15, 0.2) is 24.3 Å². The molecular formula is C72H139NO5. The van der Waals surface area contributed by atoms with Crippen LogP contribution in [0.25, 0.3) is 0 Å². The zero-order chi connectivity index (χ0) is 56.4. The molecular weight excluding hydrogens is 959 g/mol. The van der Waals surface area contributed by atoms with Gasteiger partial charge in [0.25, 0.3) is 0 Å². The van der Waals surface area contributed by atoms with Crippen molar-refractivity contribution in [3.63, 3.8) is 0 Å². The quantitative estimate of drug-likeness (QED) is 0.0320. The number of allylic oxidation sites excluding steroid dienone is 4. The van der Waals surface area contributed by atoms with Crippen LogP contribution in [0.2, 0.25) is 0 Å². The lowest BCUT2D eigenvalue weighted by atomic mass is 10.0. The van der Waals surface area contributed by atoms with Crippen LogP contribution in [0.1, 0.15) is 399 Å². The molecule has 0 fully saturated rings. The Bertz CT molecular complexity index is 1220. The number of unbranched alkanes of at least 4 members (excludes halogenated alkanes) is 52. The number of carbonyl (C=O) groups excluding carboxylic acids is 2. The molecule has 0 aliphatic heterocycles. The van der Waals surface area contributed by atoms with E-state index in [1.807, 2.05) is 0 Å². The third-order valence-corrected chi connectivity index (χ3v) is 16.7. The number of nitrogens with one attached hydrogen (secondary N) is 1. The number of carbonyl (C=O) groups is 2. The van der Waals surface area contributed by atoms with Crippen molar-refractivity contribution < 1.29 is 24.5 Å². The first kappa shape index (κ1) is 76.3. The van der Waals surface area contributed by atoms with Crippen LogP contribution in [-0.4, -0.2) is 47.4 Å². The van der Waals surface area contributed by atoms with Crippen LogP contribution in [0, 0.1) is 0 Å². The van der Waals surface area contributed by atoms with Crippen LogP contribution < -0.4 is 5.32 Å². The van der Waals surface area contributed by atoms with E-state index in [-0.39, 0.29) is 18.5 Å². The second kappa shape index (κ2) is 67.8. The molecule has 3 N–H and O–H groups in total. The maximum atomic E-state index is 12.5. The molecule has 2 atom stereocenters. The third kappa shape index (κ3) is 63.5. The molecule has 0 saturated carbocycles. The van der Waals surface area contributed by atoms with Gasteiger partial charge in [0.15, 0.2) is 0 Å². The maximum Gasteiger partial charge on any atom is 0.305 e. The molecule has 0 saturated heterocycles. The Hall–Kier alpha value is -1.66. The van der Waals surface area contributed by atoms with Crippen LogP contribution in [-0.2, 0) is 14.3 Å². The van der Waals surface area contributed by atoms with E-state index < -0.39 is 12.1 Å². The largest absolute Gasteiger partial charge is 0.466 e. The van der Waals surface area contributed by atoms with Gasteiger partial charge in [-0.1, -0.05) is 334 Å². The molecule has 2 unspecified atom stereocenters. The highest BCUT2D eigenvalue weighted by Gasteiger charge is 2.20. The molecule has 0 aromatic heterocycles. The van der Waals surface area contributed by atoms with E-state index in [0.717, 1.165) is 44.9 Å². The predicted octanol–water partition coefficient (Wildman–Crippen LogP) is 22.9.